The smallest absolute Gasteiger partial charge is 0.263 e. The zero-order valence-corrected chi connectivity index (χ0v) is 20.0. The van der Waals surface area contributed by atoms with Crippen molar-refractivity contribution < 1.29 is 9.59 Å². The zero-order valence-electron chi connectivity index (χ0n) is 18.3. The maximum absolute atomic E-state index is 13.3. The van der Waals surface area contributed by atoms with E-state index in [9.17, 15) is 9.59 Å². The van der Waals surface area contributed by atoms with Gasteiger partial charge in [-0.05, 0) is 68.4 Å². The van der Waals surface area contributed by atoms with Crippen LogP contribution in [0, 0.1) is 13.5 Å². The van der Waals surface area contributed by atoms with Gasteiger partial charge in [-0.1, -0.05) is 18.2 Å². The molecule has 4 rings (SSSR count). The van der Waals surface area contributed by atoms with Crippen LogP contribution in [0.15, 0.2) is 54.2 Å². The van der Waals surface area contributed by atoms with Crippen molar-refractivity contribution in [2.75, 3.05) is 9.80 Å². The number of amides is 2. The van der Waals surface area contributed by atoms with Gasteiger partial charge in [0.2, 0.25) is 0 Å². The Hall–Kier alpha value is -3.61. The SMILES string of the molecule is [C-]#[N+]c1ccc(N2C(=O)C(C)(C)N(c3ccc(CNC(=O)c4cncs4)cc3)C2=S)cc1C. The third-order valence-corrected chi connectivity index (χ3v) is 6.67. The average molecular weight is 476 g/mol. The van der Waals surface area contributed by atoms with E-state index in [1.165, 1.54) is 16.2 Å². The van der Waals surface area contributed by atoms with Crippen LogP contribution in [0.3, 0.4) is 0 Å². The molecule has 0 spiro atoms. The van der Waals surface area contributed by atoms with Crippen LogP contribution in [0.4, 0.5) is 17.1 Å². The molecular formula is C24H21N5O2S2. The highest BCUT2D eigenvalue weighted by atomic mass is 32.1. The lowest BCUT2D eigenvalue weighted by Gasteiger charge is -2.29. The lowest BCUT2D eigenvalue weighted by Crippen LogP contribution is -2.44. The summed E-state index contributed by atoms with van der Waals surface area (Å²) in [5.74, 6) is -0.299. The number of thiocarbonyl (C=S) groups is 1. The molecule has 1 aliphatic rings. The number of rotatable bonds is 5. The van der Waals surface area contributed by atoms with Gasteiger partial charge in [0.15, 0.2) is 10.8 Å². The fourth-order valence-corrected chi connectivity index (χ4v) is 4.78. The maximum Gasteiger partial charge on any atom is 0.263 e. The second-order valence-electron chi connectivity index (χ2n) is 8.11. The van der Waals surface area contributed by atoms with Gasteiger partial charge in [0.1, 0.15) is 10.4 Å². The van der Waals surface area contributed by atoms with Crippen LogP contribution in [0.1, 0.15) is 34.6 Å². The van der Waals surface area contributed by atoms with Crippen LogP contribution in [0.25, 0.3) is 4.85 Å². The molecule has 0 radical (unpaired) electrons. The number of carbonyl (C=O) groups is 2. The minimum absolute atomic E-state index is 0.136. The number of benzene rings is 2. The molecule has 3 aromatic rings. The first-order valence-corrected chi connectivity index (χ1v) is 11.5. The Kier molecular flexibility index (Phi) is 5.97. The molecule has 33 heavy (non-hydrogen) atoms. The van der Waals surface area contributed by atoms with Crippen molar-refractivity contribution in [3.05, 3.63) is 81.6 Å². The number of aryl methyl sites for hydroxylation is 1. The predicted octanol–water partition coefficient (Wildman–Crippen LogP) is 4.85. The Morgan fingerprint density at radius 2 is 1.91 bits per heavy atom. The van der Waals surface area contributed by atoms with E-state index >= 15 is 0 Å². The minimum Gasteiger partial charge on any atom is -0.347 e. The van der Waals surface area contributed by atoms with Gasteiger partial charge in [-0.25, -0.2) is 4.85 Å². The third kappa shape index (κ3) is 4.11. The van der Waals surface area contributed by atoms with Crippen LogP contribution < -0.4 is 15.1 Å². The number of nitrogens with zero attached hydrogens (tertiary/aromatic N) is 4. The fraction of sp³-hybridized carbons (Fsp3) is 0.208. The summed E-state index contributed by atoms with van der Waals surface area (Å²) in [5.41, 5.74) is 4.43. The fourth-order valence-electron chi connectivity index (χ4n) is 3.72. The monoisotopic (exact) mass is 475 g/mol. The number of thiazole rings is 1. The van der Waals surface area contributed by atoms with Gasteiger partial charge in [-0.2, -0.15) is 0 Å². The van der Waals surface area contributed by atoms with E-state index < -0.39 is 5.54 Å². The Labute approximate surface area is 201 Å². The van der Waals surface area contributed by atoms with E-state index in [2.05, 4.69) is 15.1 Å². The molecule has 7 nitrogen and oxygen atoms in total. The molecule has 0 saturated carbocycles. The summed E-state index contributed by atoms with van der Waals surface area (Å²) in [6.45, 7) is 13.1. The van der Waals surface area contributed by atoms with Crippen molar-refractivity contribution in [2.45, 2.75) is 32.9 Å². The molecule has 0 aliphatic carbocycles. The van der Waals surface area contributed by atoms with Gasteiger partial charge < -0.3 is 10.2 Å². The van der Waals surface area contributed by atoms with Crippen molar-refractivity contribution in [2.24, 2.45) is 0 Å². The summed E-state index contributed by atoms with van der Waals surface area (Å²) in [6.07, 6.45) is 1.54. The Balaban J connectivity index is 1.55. The molecule has 1 saturated heterocycles. The molecule has 1 aliphatic heterocycles. The topological polar surface area (TPSA) is 69.9 Å². The maximum atomic E-state index is 13.3. The second-order valence-corrected chi connectivity index (χ2v) is 9.37. The Morgan fingerprint density at radius 1 is 1.21 bits per heavy atom. The van der Waals surface area contributed by atoms with Gasteiger partial charge in [0.05, 0.1) is 18.3 Å². The molecule has 0 bridgehead atoms. The number of hydrogen-bond donors (Lipinski definition) is 1. The lowest BCUT2D eigenvalue weighted by molar-refractivity contribution is -0.120. The van der Waals surface area contributed by atoms with E-state index in [0.717, 1.165) is 16.8 Å². The summed E-state index contributed by atoms with van der Waals surface area (Å²) in [4.78, 5) is 36.8. The van der Waals surface area contributed by atoms with Gasteiger partial charge in [0.25, 0.3) is 11.8 Å². The van der Waals surface area contributed by atoms with Gasteiger partial charge in [-0.3, -0.25) is 19.5 Å². The number of aromatic nitrogens is 1. The largest absolute Gasteiger partial charge is 0.347 e. The number of carbonyl (C=O) groups excluding carboxylic acids is 2. The first kappa shape index (κ1) is 22.6. The van der Waals surface area contributed by atoms with E-state index in [-0.39, 0.29) is 11.8 Å². The number of nitrogens with one attached hydrogen (secondary N) is 1. The molecule has 1 fully saturated rings. The third-order valence-electron chi connectivity index (χ3n) is 5.53. The highest BCUT2D eigenvalue weighted by molar-refractivity contribution is 7.81. The van der Waals surface area contributed by atoms with Crippen molar-refractivity contribution >= 4 is 57.5 Å². The van der Waals surface area contributed by atoms with Gasteiger partial charge >= 0.3 is 0 Å². The molecule has 1 aromatic heterocycles. The predicted molar refractivity (Wildman–Crippen MR) is 134 cm³/mol. The van der Waals surface area contributed by atoms with Crippen LogP contribution in [-0.2, 0) is 11.3 Å². The van der Waals surface area contributed by atoms with E-state index in [0.29, 0.717) is 27.9 Å². The molecular weight excluding hydrogens is 454 g/mol. The zero-order chi connectivity index (χ0) is 23.8. The van der Waals surface area contributed by atoms with E-state index in [4.69, 9.17) is 18.8 Å². The van der Waals surface area contributed by atoms with E-state index in [1.807, 2.05) is 56.0 Å². The molecule has 0 atom stereocenters. The van der Waals surface area contributed by atoms with Gasteiger partial charge in [0, 0.05) is 17.9 Å². The molecule has 0 unspecified atom stereocenters. The summed E-state index contributed by atoms with van der Waals surface area (Å²) >= 11 is 7.02. The lowest BCUT2D eigenvalue weighted by atomic mass is 10.0. The average Bonchev–Trinajstić information content (AvgIpc) is 3.39. The molecule has 2 aromatic carbocycles. The standard InChI is InChI=1S/C24H21N5O2S2/c1-15-11-18(9-10-19(15)25-4)28-22(31)24(2,3)29(23(28)32)17-7-5-16(6-8-17)12-27-21(30)20-13-26-14-33-20/h5-11,13-14H,12H2,1-3H3,(H,27,30). The second kappa shape index (κ2) is 8.73. The summed E-state index contributed by atoms with van der Waals surface area (Å²) < 4.78 is 0. The summed E-state index contributed by atoms with van der Waals surface area (Å²) in [5, 5.41) is 3.26. The summed E-state index contributed by atoms with van der Waals surface area (Å²) in [7, 11) is 0. The summed E-state index contributed by atoms with van der Waals surface area (Å²) in [6, 6.07) is 12.9. The molecule has 2 amide bonds. The quantitative estimate of drug-likeness (QED) is 0.422. The van der Waals surface area contributed by atoms with Crippen LogP contribution in [0.2, 0.25) is 0 Å². The van der Waals surface area contributed by atoms with Crippen LogP contribution in [0.5, 0.6) is 0 Å². The molecule has 166 valence electrons. The highest BCUT2D eigenvalue weighted by Crippen LogP contribution is 2.37. The van der Waals surface area contributed by atoms with Crippen LogP contribution in [-0.4, -0.2) is 27.4 Å². The van der Waals surface area contributed by atoms with Gasteiger partial charge in [-0.15, -0.1) is 11.3 Å². The number of hydrogen-bond acceptors (Lipinski definition) is 5. The minimum atomic E-state index is -0.884. The number of anilines is 2. The first-order valence-electron chi connectivity index (χ1n) is 10.2. The normalized spacial score (nSPS) is 15.0. The van der Waals surface area contributed by atoms with Crippen molar-refractivity contribution in [1.29, 1.82) is 0 Å². The Morgan fingerprint density at radius 3 is 2.52 bits per heavy atom. The first-order chi connectivity index (χ1) is 15.7. The van der Waals surface area contributed by atoms with Crippen molar-refractivity contribution in [3.8, 4) is 0 Å². The van der Waals surface area contributed by atoms with E-state index in [1.54, 1.807) is 23.8 Å². The molecule has 2 heterocycles. The van der Waals surface area contributed by atoms with Crippen LogP contribution >= 0.6 is 23.6 Å². The van der Waals surface area contributed by atoms with Crippen molar-refractivity contribution in [1.82, 2.24) is 10.3 Å². The highest BCUT2D eigenvalue weighted by Gasteiger charge is 2.50. The Bertz CT molecular complexity index is 1280. The van der Waals surface area contributed by atoms with Crippen molar-refractivity contribution in [3.63, 3.8) is 0 Å². The molecule has 1 N–H and O–H groups in total. The molecule has 9 heteroatoms.